The van der Waals surface area contributed by atoms with E-state index in [0.717, 1.165) is 18.3 Å². The molecule has 0 bridgehead atoms. The van der Waals surface area contributed by atoms with E-state index < -0.39 is 0 Å². The maximum Gasteiger partial charge on any atom is 0.125 e. The Labute approximate surface area is 120 Å². The van der Waals surface area contributed by atoms with Gasteiger partial charge in [0.2, 0.25) is 0 Å². The normalized spacial score (nSPS) is 18.0. The van der Waals surface area contributed by atoms with Crippen molar-refractivity contribution in [3.05, 3.63) is 47.4 Å². The highest BCUT2D eigenvalue weighted by atomic mass is 16.3. The van der Waals surface area contributed by atoms with Crippen molar-refractivity contribution >= 4 is 0 Å². The van der Waals surface area contributed by atoms with Crippen LogP contribution in [0.2, 0.25) is 0 Å². The molecule has 0 saturated heterocycles. The summed E-state index contributed by atoms with van der Waals surface area (Å²) in [5.74, 6) is 1.08. The molecule has 0 unspecified atom stereocenters. The number of hydrogen-bond donors (Lipinski definition) is 1. The zero-order valence-corrected chi connectivity index (χ0v) is 11.8. The SMILES string of the molecule is c1cc(-c2ccc3c(c2)CCCC3)c(CNC2CC2)o1. The molecular weight excluding hydrogens is 246 g/mol. The molecule has 20 heavy (non-hydrogen) atoms. The van der Waals surface area contributed by atoms with Gasteiger partial charge < -0.3 is 9.73 Å². The van der Waals surface area contributed by atoms with Gasteiger partial charge in [0.05, 0.1) is 12.8 Å². The molecule has 1 heterocycles. The third-order valence-electron chi connectivity index (χ3n) is 4.53. The van der Waals surface area contributed by atoms with Gasteiger partial charge in [-0.15, -0.1) is 0 Å². The second kappa shape index (κ2) is 5.10. The first-order valence-corrected chi connectivity index (χ1v) is 7.82. The Morgan fingerprint density at radius 2 is 1.90 bits per heavy atom. The average molecular weight is 267 g/mol. The molecule has 0 radical (unpaired) electrons. The Kier molecular flexibility index (Phi) is 3.12. The smallest absolute Gasteiger partial charge is 0.125 e. The number of benzene rings is 1. The van der Waals surface area contributed by atoms with Crippen LogP contribution in [-0.4, -0.2) is 6.04 Å². The van der Waals surface area contributed by atoms with E-state index >= 15 is 0 Å². The first kappa shape index (κ1) is 12.2. The minimum absolute atomic E-state index is 0.719. The highest BCUT2D eigenvalue weighted by Gasteiger charge is 2.21. The Morgan fingerprint density at radius 1 is 1.05 bits per heavy atom. The van der Waals surface area contributed by atoms with Crippen LogP contribution in [0.3, 0.4) is 0 Å². The maximum absolute atomic E-state index is 5.68. The van der Waals surface area contributed by atoms with Crippen molar-refractivity contribution in [2.24, 2.45) is 0 Å². The molecule has 104 valence electrons. The molecule has 1 saturated carbocycles. The second-order valence-corrected chi connectivity index (χ2v) is 6.10. The molecule has 0 spiro atoms. The summed E-state index contributed by atoms with van der Waals surface area (Å²) in [5.41, 5.74) is 5.65. The van der Waals surface area contributed by atoms with Gasteiger partial charge in [-0.25, -0.2) is 0 Å². The highest BCUT2D eigenvalue weighted by Crippen LogP contribution is 2.30. The van der Waals surface area contributed by atoms with Gasteiger partial charge in [-0.2, -0.15) is 0 Å². The first-order chi connectivity index (χ1) is 9.90. The van der Waals surface area contributed by atoms with Crippen molar-refractivity contribution in [2.75, 3.05) is 0 Å². The molecule has 0 atom stereocenters. The summed E-state index contributed by atoms with van der Waals surface area (Å²) in [6, 6.07) is 9.77. The van der Waals surface area contributed by atoms with E-state index in [1.54, 1.807) is 5.56 Å². The van der Waals surface area contributed by atoms with Crippen LogP contribution < -0.4 is 5.32 Å². The van der Waals surface area contributed by atoms with Crippen molar-refractivity contribution in [3.8, 4) is 11.1 Å². The lowest BCUT2D eigenvalue weighted by Gasteiger charge is -2.16. The van der Waals surface area contributed by atoms with Crippen LogP contribution in [0.1, 0.15) is 42.6 Å². The van der Waals surface area contributed by atoms with E-state index in [1.807, 2.05) is 6.26 Å². The molecule has 2 aliphatic rings. The largest absolute Gasteiger partial charge is 0.467 e. The Hall–Kier alpha value is -1.54. The summed E-state index contributed by atoms with van der Waals surface area (Å²) in [5, 5.41) is 3.54. The lowest BCUT2D eigenvalue weighted by atomic mass is 9.89. The Morgan fingerprint density at radius 3 is 2.75 bits per heavy atom. The zero-order chi connectivity index (χ0) is 13.4. The summed E-state index contributed by atoms with van der Waals surface area (Å²) in [6.07, 6.45) is 9.60. The second-order valence-electron chi connectivity index (χ2n) is 6.10. The van der Waals surface area contributed by atoms with E-state index in [9.17, 15) is 0 Å². The van der Waals surface area contributed by atoms with E-state index in [-0.39, 0.29) is 0 Å². The molecule has 2 heteroatoms. The summed E-state index contributed by atoms with van der Waals surface area (Å²) >= 11 is 0. The summed E-state index contributed by atoms with van der Waals surface area (Å²) in [6.45, 7) is 0.851. The molecule has 2 aliphatic carbocycles. The van der Waals surface area contributed by atoms with Gasteiger partial charge in [0.1, 0.15) is 5.76 Å². The van der Waals surface area contributed by atoms with Gasteiger partial charge in [0, 0.05) is 11.6 Å². The fourth-order valence-corrected chi connectivity index (χ4v) is 3.16. The molecule has 4 rings (SSSR count). The van der Waals surface area contributed by atoms with Crippen molar-refractivity contribution in [2.45, 2.75) is 51.1 Å². The van der Waals surface area contributed by atoms with Gasteiger partial charge in [-0.3, -0.25) is 0 Å². The Bertz CT molecular complexity index is 610. The van der Waals surface area contributed by atoms with Gasteiger partial charge in [0.15, 0.2) is 0 Å². The summed E-state index contributed by atoms with van der Waals surface area (Å²) in [7, 11) is 0. The molecule has 1 fully saturated rings. The molecule has 1 aromatic heterocycles. The van der Waals surface area contributed by atoms with Crippen LogP contribution >= 0.6 is 0 Å². The van der Waals surface area contributed by atoms with E-state index in [4.69, 9.17) is 4.42 Å². The Balaban J connectivity index is 1.61. The molecular formula is C18H21NO. The number of nitrogens with one attached hydrogen (secondary N) is 1. The van der Waals surface area contributed by atoms with Crippen LogP contribution in [0.15, 0.2) is 34.9 Å². The van der Waals surface area contributed by atoms with Crippen molar-refractivity contribution in [1.82, 2.24) is 5.32 Å². The number of furan rings is 1. The van der Waals surface area contributed by atoms with Crippen LogP contribution in [-0.2, 0) is 19.4 Å². The van der Waals surface area contributed by atoms with Crippen LogP contribution in [0.4, 0.5) is 0 Å². The lowest BCUT2D eigenvalue weighted by molar-refractivity contribution is 0.483. The number of fused-ring (bicyclic) bond motifs is 1. The minimum atomic E-state index is 0.719. The number of aryl methyl sites for hydroxylation is 2. The van der Waals surface area contributed by atoms with Gasteiger partial charge >= 0.3 is 0 Å². The molecule has 2 aromatic rings. The predicted octanol–water partition coefficient (Wildman–Crippen LogP) is 4.08. The lowest BCUT2D eigenvalue weighted by Crippen LogP contribution is -2.15. The topological polar surface area (TPSA) is 25.2 Å². The molecule has 0 amide bonds. The molecule has 1 N–H and O–H groups in total. The van der Waals surface area contributed by atoms with E-state index in [0.29, 0.717) is 0 Å². The summed E-state index contributed by atoms with van der Waals surface area (Å²) in [4.78, 5) is 0. The third kappa shape index (κ3) is 2.40. The third-order valence-corrected chi connectivity index (χ3v) is 4.53. The fourth-order valence-electron chi connectivity index (χ4n) is 3.16. The van der Waals surface area contributed by atoms with Crippen LogP contribution in [0, 0.1) is 0 Å². The molecule has 2 nitrogen and oxygen atoms in total. The quantitative estimate of drug-likeness (QED) is 0.903. The van der Waals surface area contributed by atoms with E-state index in [2.05, 4.69) is 29.6 Å². The van der Waals surface area contributed by atoms with Gasteiger partial charge in [-0.1, -0.05) is 18.2 Å². The minimum Gasteiger partial charge on any atom is -0.467 e. The fraction of sp³-hybridized carbons (Fsp3) is 0.444. The average Bonchev–Trinajstić information content (AvgIpc) is 3.21. The standard InChI is InChI=1S/C18H21NO/c1-2-4-14-11-15(6-5-13(14)3-1)17-9-10-20-18(17)12-19-16-7-8-16/h5-6,9-11,16,19H,1-4,7-8,12H2. The monoisotopic (exact) mass is 267 g/mol. The van der Waals surface area contributed by atoms with Crippen molar-refractivity contribution in [3.63, 3.8) is 0 Å². The van der Waals surface area contributed by atoms with Gasteiger partial charge in [0.25, 0.3) is 0 Å². The van der Waals surface area contributed by atoms with Crippen molar-refractivity contribution in [1.29, 1.82) is 0 Å². The zero-order valence-electron chi connectivity index (χ0n) is 11.8. The molecule has 1 aromatic carbocycles. The number of rotatable bonds is 4. The van der Waals surface area contributed by atoms with Crippen LogP contribution in [0.25, 0.3) is 11.1 Å². The van der Waals surface area contributed by atoms with E-state index in [1.165, 1.54) is 55.2 Å². The molecule has 0 aliphatic heterocycles. The van der Waals surface area contributed by atoms with Crippen LogP contribution in [0.5, 0.6) is 0 Å². The predicted molar refractivity (Wildman–Crippen MR) is 80.6 cm³/mol. The van der Waals surface area contributed by atoms with Crippen molar-refractivity contribution < 1.29 is 4.42 Å². The first-order valence-electron chi connectivity index (χ1n) is 7.82. The summed E-state index contributed by atoms with van der Waals surface area (Å²) < 4.78 is 5.68. The van der Waals surface area contributed by atoms with Gasteiger partial charge in [-0.05, 0) is 61.3 Å². The number of hydrogen-bond acceptors (Lipinski definition) is 2. The maximum atomic E-state index is 5.68. The highest BCUT2D eigenvalue weighted by molar-refractivity contribution is 5.67.